The molecule has 1 amide bonds. The molecule has 0 saturated heterocycles. The molecule has 1 fully saturated rings. The summed E-state index contributed by atoms with van der Waals surface area (Å²) in [5.74, 6) is 0.739. The first-order chi connectivity index (χ1) is 15.8. The van der Waals surface area contributed by atoms with Crippen molar-refractivity contribution in [3.8, 4) is 11.5 Å². The van der Waals surface area contributed by atoms with Crippen LogP contribution in [0.15, 0.2) is 47.4 Å². The minimum absolute atomic E-state index is 0.0593. The third-order valence-corrected chi connectivity index (χ3v) is 8.94. The predicted octanol–water partition coefficient (Wildman–Crippen LogP) is 4.81. The molecule has 3 aromatic rings. The van der Waals surface area contributed by atoms with Gasteiger partial charge in [0, 0.05) is 23.9 Å². The number of ether oxygens (including phenoxy) is 2. The van der Waals surface area contributed by atoms with Gasteiger partial charge in [-0.3, -0.25) is 9.10 Å². The molecular formula is C24H28N2O5S2. The van der Waals surface area contributed by atoms with Crippen LogP contribution < -0.4 is 19.1 Å². The Kier molecular flexibility index (Phi) is 6.81. The summed E-state index contributed by atoms with van der Waals surface area (Å²) in [7, 11) is 0.646. The maximum absolute atomic E-state index is 13.2. The van der Waals surface area contributed by atoms with Gasteiger partial charge >= 0.3 is 0 Å². The van der Waals surface area contributed by atoms with Gasteiger partial charge in [-0.1, -0.05) is 19.3 Å². The first-order valence-corrected chi connectivity index (χ1v) is 13.1. The Labute approximate surface area is 198 Å². The van der Waals surface area contributed by atoms with Crippen molar-refractivity contribution in [3.05, 3.63) is 47.3 Å². The second-order valence-corrected chi connectivity index (χ2v) is 11.2. The third kappa shape index (κ3) is 4.79. The topological polar surface area (TPSA) is 84.9 Å². The number of nitrogens with zero attached hydrogens (tertiary/aromatic N) is 1. The molecule has 1 aliphatic rings. The van der Waals surface area contributed by atoms with Crippen LogP contribution in [0.3, 0.4) is 0 Å². The monoisotopic (exact) mass is 488 g/mol. The summed E-state index contributed by atoms with van der Waals surface area (Å²) in [5.41, 5.74) is 0.509. The van der Waals surface area contributed by atoms with E-state index in [0.29, 0.717) is 22.1 Å². The Hall–Kier alpha value is -2.78. The van der Waals surface area contributed by atoms with Gasteiger partial charge in [-0.25, -0.2) is 8.42 Å². The number of anilines is 1. The maximum atomic E-state index is 13.2. The van der Waals surface area contributed by atoms with Crippen LogP contribution in [0.25, 0.3) is 10.1 Å². The number of hydrogen-bond donors (Lipinski definition) is 1. The quantitative estimate of drug-likeness (QED) is 0.516. The fraction of sp³-hybridized carbons (Fsp3) is 0.375. The minimum Gasteiger partial charge on any atom is -0.493 e. The molecule has 7 nitrogen and oxygen atoms in total. The lowest BCUT2D eigenvalue weighted by Gasteiger charge is -2.22. The summed E-state index contributed by atoms with van der Waals surface area (Å²) in [6, 6.07) is 12.0. The van der Waals surface area contributed by atoms with Crippen LogP contribution in [0.2, 0.25) is 0 Å². The molecule has 4 rings (SSSR count). The molecule has 0 unspecified atom stereocenters. The maximum Gasteiger partial charge on any atom is 0.264 e. The first kappa shape index (κ1) is 23.4. The fourth-order valence-electron chi connectivity index (χ4n) is 4.12. The summed E-state index contributed by atoms with van der Waals surface area (Å²) in [4.78, 5) is 13.5. The molecular weight excluding hydrogens is 460 g/mol. The zero-order chi connectivity index (χ0) is 23.6. The van der Waals surface area contributed by atoms with Gasteiger partial charge in [0.25, 0.3) is 15.9 Å². The number of methoxy groups -OCH3 is 2. The van der Waals surface area contributed by atoms with E-state index in [0.717, 1.165) is 35.8 Å². The third-order valence-electron chi connectivity index (χ3n) is 6.04. The van der Waals surface area contributed by atoms with Gasteiger partial charge in [-0.05, 0) is 54.6 Å². The Morgan fingerprint density at radius 1 is 1.00 bits per heavy atom. The lowest BCUT2D eigenvalue weighted by atomic mass is 9.95. The largest absolute Gasteiger partial charge is 0.493 e. The van der Waals surface area contributed by atoms with E-state index in [4.69, 9.17) is 9.47 Å². The van der Waals surface area contributed by atoms with E-state index in [1.54, 1.807) is 18.2 Å². The summed E-state index contributed by atoms with van der Waals surface area (Å²) >= 11 is 1.42. The number of thiophene rings is 1. The Balaban J connectivity index is 1.58. The molecule has 0 radical (unpaired) electrons. The molecule has 1 N–H and O–H groups in total. The normalized spacial score (nSPS) is 14.8. The van der Waals surface area contributed by atoms with E-state index in [1.165, 1.54) is 55.5 Å². The van der Waals surface area contributed by atoms with Crippen molar-refractivity contribution < 1.29 is 22.7 Å². The number of carbonyl (C=O) groups excluding carboxylic acids is 1. The van der Waals surface area contributed by atoms with Crippen molar-refractivity contribution in [2.75, 3.05) is 25.6 Å². The highest BCUT2D eigenvalue weighted by molar-refractivity contribution is 7.92. The lowest BCUT2D eigenvalue weighted by molar-refractivity contribution is 0.0932. The zero-order valence-corrected chi connectivity index (χ0v) is 20.6. The number of amides is 1. The molecule has 1 aliphatic carbocycles. The molecule has 1 aromatic heterocycles. The Morgan fingerprint density at radius 3 is 2.42 bits per heavy atom. The van der Waals surface area contributed by atoms with Crippen LogP contribution in [0.4, 0.5) is 5.69 Å². The second kappa shape index (κ2) is 9.61. The number of fused-ring (bicyclic) bond motifs is 1. The second-order valence-electron chi connectivity index (χ2n) is 8.13. The van der Waals surface area contributed by atoms with Gasteiger partial charge < -0.3 is 14.8 Å². The van der Waals surface area contributed by atoms with Gasteiger partial charge in [-0.15, -0.1) is 11.3 Å². The first-order valence-electron chi connectivity index (χ1n) is 10.9. The van der Waals surface area contributed by atoms with E-state index < -0.39 is 10.0 Å². The van der Waals surface area contributed by atoms with Gasteiger partial charge in [0.05, 0.1) is 29.7 Å². The van der Waals surface area contributed by atoms with Crippen molar-refractivity contribution in [3.63, 3.8) is 0 Å². The average molecular weight is 489 g/mol. The lowest BCUT2D eigenvalue weighted by Crippen LogP contribution is -2.35. The summed E-state index contributed by atoms with van der Waals surface area (Å²) in [6.07, 6.45) is 5.60. The van der Waals surface area contributed by atoms with Crippen LogP contribution >= 0.6 is 11.3 Å². The van der Waals surface area contributed by atoms with Crippen LogP contribution in [-0.2, 0) is 10.0 Å². The fourth-order valence-corrected chi connectivity index (χ4v) is 6.27. The molecule has 1 saturated carbocycles. The number of carbonyl (C=O) groups is 1. The highest BCUT2D eigenvalue weighted by atomic mass is 32.2. The number of hydrogen-bond acceptors (Lipinski definition) is 6. The van der Waals surface area contributed by atoms with Crippen molar-refractivity contribution in [1.82, 2.24) is 5.32 Å². The number of benzene rings is 2. The Morgan fingerprint density at radius 2 is 1.73 bits per heavy atom. The van der Waals surface area contributed by atoms with Gasteiger partial charge in [0.15, 0.2) is 11.5 Å². The zero-order valence-electron chi connectivity index (χ0n) is 19.0. The van der Waals surface area contributed by atoms with E-state index in [2.05, 4.69) is 5.32 Å². The van der Waals surface area contributed by atoms with Crippen molar-refractivity contribution in [2.45, 2.75) is 43.0 Å². The van der Waals surface area contributed by atoms with E-state index in [-0.39, 0.29) is 16.8 Å². The molecule has 1 heterocycles. The van der Waals surface area contributed by atoms with Crippen molar-refractivity contribution in [1.29, 1.82) is 0 Å². The SMILES string of the molecule is COc1ccc(S(=O)(=O)N(C)c2ccc3sc(C(=O)NC4CCCCC4)cc3c2)cc1OC. The molecule has 2 aromatic carbocycles. The van der Waals surface area contributed by atoms with Crippen LogP contribution in [0.5, 0.6) is 11.5 Å². The molecule has 33 heavy (non-hydrogen) atoms. The van der Waals surface area contributed by atoms with Gasteiger partial charge in [0.1, 0.15) is 0 Å². The van der Waals surface area contributed by atoms with E-state index >= 15 is 0 Å². The molecule has 9 heteroatoms. The number of nitrogens with one attached hydrogen (secondary N) is 1. The molecule has 0 aliphatic heterocycles. The predicted molar refractivity (Wildman–Crippen MR) is 131 cm³/mol. The minimum atomic E-state index is -3.83. The van der Waals surface area contributed by atoms with Crippen LogP contribution in [0.1, 0.15) is 41.8 Å². The molecule has 0 spiro atoms. The highest BCUT2D eigenvalue weighted by Gasteiger charge is 2.24. The van der Waals surface area contributed by atoms with E-state index in [1.807, 2.05) is 12.1 Å². The molecule has 0 bridgehead atoms. The average Bonchev–Trinajstić information content (AvgIpc) is 3.27. The van der Waals surface area contributed by atoms with Crippen LogP contribution in [-0.4, -0.2) is 41.6 Å². The van der Waals surface area contributed by atoms with Crippen LogP contribution in [0, 0.1) is 0 Å². The standard InChI is InChI=1S/C24H28N2O5S2/c1-26(33(28,29)19-10-11-20(30-2)21(15-19)31-3)18-9-12-22-16(13-18)14-23(32-22)24(27)25-17-7-5-4-6-8-17/h9-15,17H,4-8H2,1-3H3,(H,25,27). The summed E-state index contributed by atoms with van der Waals surface area (Å²) in [6.45, 7) is 0. The summed E-state index contributed by atoms with van der Waals surface area (Å²) in [5, 5.41) is 3.98. The Bertz CT molecular complexity index is 1260. The number of rotatable bonds is 7. The highest BCUT2D eigenvalue weighted by Crippen LogP contribution is 2.34. The van der Waals surface area contributed by atoms with Gasteiger partial charge in [0.2, 0.25) is 0 Å². The number of sulfonamides is 1. The molecule has 0 atom stereocenters. The van der Waals surface area contributed by atoms with Crippen molar-refractivity contribution >= 4 is 43.0 Å². The van der Waals surface area contributed by atoms with E-state index in [9.17, 15) is 13.2 Å². The summed E-state index contributed by atoms with van der Waals surface area (Å²) < 4.78 is 39.1. The smallest absolute Gasteiger partial charge is 0.264 e. The molecule has 176 valence electrons. The van der Waals surface area contributed by atoms with Crippen molar-refractivity contribution in [2.24, 2.45) is 0 Å². The van der Waals surface area contributed by atoms with Gasteiger partial charge in [-0.2, -0.15) is 0 Å².